The van der Waals surface area contributed by atoms with Crippen molar-refractivity contribution < 1.29 is 5.11 Å². The van der Waals surface area contributed by atoms with Crippen LogP contribution in [0.5, 0.6) is 0 Å². The van der Waals surface area contributed by atoms with Crippen molar-refractivity contribution in [2.45, 2.75) is 38.5 Å². The zero-order valence-electron chi connectivity index (χ0n) is 11.3. The molecule has 2 N–H and O–H groups in total. The molecule has 5 aliphatic rings. The molecule has 3 nitrogen and oxygen atoms in total. The van der Waals surface area contributed by atoms with E-state index in [9.17, 15) is 5.11 Å². The van der Waals surface area contributed by atoms with Crippen LogP contribution in [0.25, 0.3) is 0 Å². The second kappa shape index (κ2) is 4.44. The summed E-state index contributed by atoms with van der Waals surface area (Å²) in [6.45, 7) is 1.81. The molecule has 104 valence electrons. The van der Waals surface area contributed by atoms with E-state index in [2.05, 4.69) is 10.3 Å². The average molecular weight is 278 g/mol. The molecule has 0 aromatic carbocycles. The molecule has 0 aromatic heterocycles. The van der Waals surface area contributed by atoms with Gasteiger partial charge in [0.15, 0.2) is 5.17 Å². The van der Waals surface area contributed by atoms with Crippen LogP contribution in [-0.4, -0.2) is 23.4 Å². The van der Waals surface area contributed by atoms with E-state index in [0.29, 0.717) is 5.76 Å². The molecule has 19 heavy (non-hydrogen) atoms. The van der Waals surface area contributed by atoms with Gasteiger partial charge in [0.2, 0.25) is 0 Å². The van der Waals surface area contributed by atoms with Crippen molar-refractivity contribution in [3.63, 3.8) is 0 Å². The van der Waals surface area contributed by atoms with Crippen molar-refractivity contribution >= 4 is 16.9 Å². The largest absolute Gasteiger partial charge is 0.511 e. The average Bonchev–Trinajstić information content (AvgIpc) is 2.87. The fourth-order valence-electron chi connectivity index (χ4n) is 5.12. The minimum atomic E-state index is 0.126. The first-order valence-electron chi connectivity index (χ1n) is 7.58. The van der Waals surface area contributed by atoms with Crippen LogP contribution in [-0.2, 0) is 0 Å². The van der Waals surface area contributed by atoms with E-state index in [-0.39, 0.29) is 5.41 Å². The molecule has 4 aliphatic carbocycles. The number of nitrogens with one attached hydrogen (secondary N) is 1. The van der Waals surface area contributed by atoms with E-state index in [4.69, 9.17) is 0 Å². The van der Waals surface area contributed by atoms with Crippen molar-refractivity contribution in [1.82, 2.24) is 5.32 Å². The highest BCUT2D eigenvalue weighted by Gasteiger charge is 2.52. The number of aliphatic imine (C=N–C) groups is 1. The summed E-state index contributed by atoms with van der Waals surface area (Å²) in [5.74, 6) is 3.30. The van der Waals surface area contributed by atoms with E-state index in [1.165, 1.54) is 38.5 Å². The molecule has 4 heteroatoms. The molecule has 1 heterocycles. The van der Waals surface area contributed by atoms with E-state index < -0.39 is 0 Å². The number of allylic oxidation sites excluding steroid dienone is 1. The van der Waals surface area contributed by atoms with Crippen LogP contribution in [0, 0.1) is 23.2 Å². The first-order valence-corrected chi connectivity index (χ1v) is 8.46. The second-order valence-electron chi connectivity index (χ2n) is 6.93. The number of nitrogens with zero attached hydrogens (tertiary/aromatic N) is 1. The number of rotatable bonds is 2. The summed E-state index contributed by atoms with van der Waals surface area (Å²) in [6.07, 6.45) is 7.95. The van der Waals surface area contributed by atoms with Gasteiger partial charge in [0.05, 0.1) is 6.54 Å². The van der Waals surface area contributed by atoms with E-state index in [1.54, 1.807) is 11.8 Å². The van der Waals surface area contributed by atoms with Crippen LogP contribution in [0.15, 0.2) is 16.2 Å². The number of hydrogen-bond donors (Lipinski definition) is 2. The third kappa shape index (κ3) is 2.08. The minimum Gasteiger partial charge on any atom is -0.511 e. The van der Waals surface area contributed by atoms with Crippen molar-refractivity contribution in [1.29, 1.82) is 0 Å². The molecular formula is C15H22N2OS. The van der Waals surface area contributed by atoms with Crippen molar-refractivity contribution in [2.24, 2.45) is 28.2 Å². The van der Waals surface area contributed by atoms with Gasteiger partial charge >= 0.3 is 0 Å². The Labute approximate surface area is 118 Å². The van der Waals surface area contributed by atoms with Gasteiger partial charge in [-0.15, -0.1) is 0 Å². The van der Waals surface area contributed by atoms with Crippen LogP contribution in [0.2, 0.25) is 0 Å². The lowest BCUT2D eigenvalue weighted by Crippen LogP contribution is -2.46. The second-order valence-corrected chi connectivity index (χ2v) is 7.79. The molecule has 0 aromatic rings. The number of hydrogen-bond acceptors (Lipinski definition) is 4. The normalized spacial score (nSPS) is 44.3. The molecule has 1 aliphatic heterocycles. The zero-order chi connectivity index (χ0) is 12.9. The Balaban J connectivity index is 1.52. The quantitative estimate of drug-likeness (QED) is 0.762. The van der Waals surface area contributed by atoms with Gasteiger partial charge in [-0.3, -0.25) is 4.99 Å². The van der Waals surface area contributed by atoms with E-state index in [1.807, 2.05) is 5.41 Å². The van der Waals surface area contributed by atoms with Crippen LogP contribution in [0.3, 0.4) is 0 Å². The molecule has 5 rings (SSSR count). The van der Waals surface area contributed by atoms with Gasteiger partial charge in [0.25, 0.3) is 0 Å². The number of aliphatic hydroxyl groups excluding tert-OH is 1. The predicted octanol–water partition coefficient (Wildman–Crippen LogP) is 3.29. The molecule has 4 bridgehead atoms. The van der Waals surface area contributed by atoms with Gasteiger partial charge < -0.3 is 10.4 Å². The summed E-state index contributed by atoms with van der Waals surface area (Å²) in [5.41, 5.74) is 0.126. The third-order valence-electron chi connectivity index (χ3n) is 5.51. The molecule has 0 spiro atoms. The molecule has 4 saturated carbocycles. The fourth-order valence-corrected chi connectivity index (χ4v) is 5.94. The van der Waals surface area contributed by atoms with Crippen LogP contribution < -0.4 is 5.32 Å². The highest BCUT2D eigenvalue weighted by molar-refractivity contribution is 8.16. The van der Waals surface area contributed by atoms with E-state index >= 15 is 0 Å². The van der Waals surface area contributed by atoms with Crippen molar-refractivity contribution in [3.05, 3.63) is 11.2 Å². The van der Waals surface area contributed by atoms with Crippen molar-refractivity contribution in [3.8, 4) is 0 Å². The molecule has 4 fully saturated rings. The maximum atomic E-state index is 10.6. The van der Waals surface area contributed by atoms with Crippen LogP contribution in [0.1, 0.15) is 38.5 Å². The number of aliphatic hydroxyl groups is 1. The SMILES string of the molecule is OC(=CSC1=NCCN1)C12CC3CC(CC(C3)C1)C2. The molecule has 0 saturated heterocycles. The molecule has 0 atom stereocenters. The summed E-state index contributed by atoms with van der Waals surface area (Å²) in [7, 11) is 0. The summed E-state index contributed by atoms with van der Waals surface area (Å²) in [4.78, 5) is 4.37. The Morgan fingerprint density at radius 1 is 1.21 bits per heavy atom. The third-order valence-corrected chi connectivity index (χ3v) is 6.35. The zero-order valence-corrected chi connectivity index (χ0v) is 12.1. The highest BCUT2D eigenvalue weighted by Crippen LogP contribution is 2.62. The lowest BCUT2D eigenvalue weighted by Gasteiger charge is -2.56. The summed E-state index contributed by atoms with van der Waals surface area (Å²) in [5, 5.41) is 16.8. The minimum absolute atomic E-state index is 0.126. The lowest BCUT2D eigenvalue weighted by molar-refractivity contribution is -0.0502. The Morgan fingerprint density at radius 2 is 1.84 bits per heavy atom. The Hall–Kier alpha value is -0.640. The van der Waals surface area contributed by atoms with Gasteiger partial charge in [-0.2, -0.15) is 0 Å². The monoisotopic (exact) mass is 278 g/mol. The van der Waals surface area contributed by atoms with Gasteiger partial charge in [-0.05, 0) is 56.3 Å². The van der Waals surface area contributed by atoms with Gasteiger partial charge in [0.1, 0.15) is 5.76 Å². The number of amidine groups is 1. The van der Waals surface area contributed by atoms with Gasteiger partial charge in [0, 0.05) is 17.4 Å². The van der Waals surface area contributed by atoms with Crippen molar-refractivity contribution in [2.75, 3.05) is 13.1 Å². The van der Waals surface area contributed by atoms with Crippen LogP contribution >= 0.6 is 11.8 Å². The summed E-state index contributed by atoms with van der Waals surface area (Å²) >= 11 is 1.57. The smallest absolute Gasteiger partial charge is 0.161 e. The van der Waals surface area contributed by atoms with Gasteiger partial charge in [-0.1, -0.05) is 11.8 Å². The topological polar surface area (TPSA) is 44.6 Å². The fraction of sp³-hybridized carbons (Fsp3) is 0.800. The summed E-state index contributed by atoms with van der Waals surface area (Å²) in [6, 6.07) is 0. The Kier molecular flexibility index (Phi) is 2.83. The molecule has 0 radical (unpaired) electrons. The molecular weight excluding hydrogens is 256 g/mol. The molecule has 0 unspecified atom stereocenters. The standard InChI is InChI=1S/C15H22N2OS/c18-13(9-19-14-16-1-2-17-14)15-6-10-3-11(7-15)5-12(4-10)8-15/h9-12,18H,1-8H2,(H,16,17). The Morgan fingerprint density at radius 3 is 2.37 bits per heavy atom. The lowest BCUT2D eigenvalue weighted by atomic mass is 9.49. The maximum Gasteiger partial charge on any atom is 0.161 e. The molecule has 0 amide bonds. The predicted molar refractivity (Wildman–Crippen MR) is 79.2 cm³/mol. The first-order chi connectivity index (χ1) is 9.23. The Bertz CT molecular complexity index is 408. The number of thioether (sulfide) groups is 1. The highest BCUT2D eigenvalue weighted by atomic mass is 32.2. The van der Waals surface area contributed by atoms with Gasteiger partial charge in [-0.25, -0.2) is 0 Å². The van der Waals surface area contributed by atoms with E-state index in [0.717, 1.165) is 36.0 Å². The van der Waals surface area contributed by atoms with Crippen LogP contribution in [0.4, 0.5) is 0 Å². The maximum absolute atomic E-state index is 10.6. The first kappa shape index (κ1) is 12.1. The summed E-state index contributed by atoms with van der Waals surface area (Å²) < 4.78 is 0.